The van der Waals surface area contributed by atoms with E-state index < -0.39 is 0 Å². The molecule has 0 spiro atoms. The highest BCUT2D eigenvalue weighted by Crippen LogP contribution is 2.22. The molecule has 6 rings (SSSR count). The van der Waals surface area contributed by atoms with Gasteiger partial charge in [-0.05, 0) is 64.7 Å². The normalized spacial score (nSPS) is 11.0. The van der Waals surface area contributed by atoms with Crippen LogP contribution in [0.3, 0.4) is 0 Å². The molecule has 200 valence electrons. The van der Waals surface area contributed by atoms with Crippen LogP contribution in [0.1, 0.15) is 27.3 Å². The standard InChI is InChI=1S/C35H26ClN3O2/c36-29-17-15-28(16-18-29)34(40)37-30-19-20-32-31(22-30)35(41)39(33(38-32)21-24-7-3-1-4-8-24)23-25-11-13-27(14-12-25)26-9-5-2-6-10-26/h1-20,22H,21,23H2,(H,37,40). The lowest BCUT2D eigenvalue weighted by molar-refractivity contribution is 0.102. The molecule has 0 aliphatic rings. The minimum atomic E-state index is -0.284. The summed E-state index contributed by atoms with van der Waals surface area (Å²) in [6.45, 7) is 0.375. The third-order valence-electron chi connectivity index (χ3n) is 7.00. The van der Waals surface area contributed by atoms with Gasteiger partial charge in [0.15, 0.2) is 0 Å². The zero-order valence-corrected chi connectivity index (χ0v) is 22.9. The van der Waals surface area contributed by atoms with Crippen LogP contribution >= 0.6 is 11.6 Å². The van der Waals surface area contributed by atoms with Gasteiger partial charge in [0.2, 0.25) is 0 Å². The van der Waals surface area contributed by atoms with E-state index >= 15 is 0 Å². The van der Waals surface area contributed by atoms with Gasteiger partial charge in [0.1, 0.15) is 5.82 Å². The van der Waals surface area contributed by atoms with Gasteiger partial charge in [0.05, 0.1) is 17.4 Å². The number of halogens is 1. The molecule has 0 aliphatic carbocycles. The number of aromatic nitrogens is 2. The number of carbonyl (C=O) groups excluding carboxylic acids is 1. The number of hydrogen-bond donors (Lipinski definition) is 1. The SMILES string of the molecule is O=C(Nc1ccc2nc(Cc3ccccc3)n(Cc3ccc(-c4ccccc4)cc3)c(=O)c2c1)c1ccc(Cl)cc1. The van der Waals surface area contributed by atoms with Crippen molar-refractivity contribution in [2.45, 2.75) is 13.0 Å². The molecule has 1 aromatic heterocycles. The van der Waals surface area contributed by atoms with E-state index in [9.17, 15) is 9.59 Å². The molecule has 1 N–H and O–H groups in total. The lowest BCUT2D eigenvalue weighted by Crippen LogP contribution is -2.26. The van der Waals surface area contributed by atoms with Crippen molar-refractivity contribution >= 4 is 34.1 Å². The molecule has 1 heterocycles. The maximum absolute atomic E-state index is 14.0. The number of rotatable bonds is 7. The number of carbonyl (C=O) groups is 1. The molecule has 0 radical (unpaired) electrons. The molecular formula is C35H26ClN3O2. The Bertz CT molecular complexity index is 1880. The van der Waals surface area contributed by atoms with Crippen LogP contribution in [0.15, 0.2) is 132 Å². The quantitative estimate of drug-likeness (QED) is 0.220. The first-order valence-corrected chi connectivity index (χ1v) is 13.7. The van der Waals surface area contributed by atoms with Crippen molar-refractivity contribution in [3.8, 4) is 11.1 Å². The van der Waals surface area contributed by atoms with E-state index in [0.29, 0.717) is 46.0 Å². The van der Waals surface area contributed by atoms with Crippen LogP contribution < -0.4 is 10.9 Å². The summed E-state index contributed by atoms with van der Waals surface area (Å²) in [6.07, 6.45) is 0.517. The van der Waals surface area contributed by atoms with Crippen molar-refractivity contribution in [2.75, 3.05) is 5.32 Å². The van der Waals surface area contributed by atoms with E-state index in [1.807, 2.05) is 60.7 Å². The monoisotopic (exact) mass is 555 g/mol. The molecule has 0 saturated carbocycles. The average Bonchev–Trinajstić information content (AvgIpc) is 3.01. The molecule has 41 heavy (non-hydrogen) atoms. The van der Waals surface area contributed by atoms with Gasteiger partial charge in [-0.15, -0.1) is 0 Å². The number of hydrogen-bond acceptors (Lipinski definition) is 3. The van der Waals surface area contributed by atoms with Crippen LogP contribution in [0.2, 0.25) is 5.02 Å². The molecular weight excluding hydrogens is 530 g/mol. The second-order valence-corrected chi connectivity index (χ2v) is 10.3. The lowest BCUT2D eigenvalue weighted by atomic mass is 10.0. The summed E-state index contributed by atoms with van der Waals surface area (Å²) < 4.78 is 1.73. The van der Waals surface area contributed by atoms with Crippen LogP contribution in [-0.2, 0) is 13.0 Å². The summed E-state index contributed by atoms with van der Waals surface area (Å²) in [7, 11) is 0. The summed E-state index contributed by atoms with van der Waals surface area (Å²) in [5.74, 6) is 0.396. The largest absolute Gasteiger partial charge is 0.322 e. The number of anilines is 1. The highest BCUT2D eigenvalue weighted by Gasteiger charge is 2.14. The lowest BCUT2D eigenvalue weighted by Gasteiger charge is -2.15. The van der Waals surface area contributed by atoms with Crippen LogP contribution in [0.5, 0.6) is 0 Å². The molecule has 0 atom stereocenters. The first-order chi connectivity index (χ1) is 20.0. The van der Waals surface area contributed by atoms with Crippen molar-refractivity contribution in [3.63, 3.8) is 0 Å². The second-order valence-electron chi connectivity index (χ2n) is 9.84. The zero-order chi connectivity index (χ0) is 28.2. The molecule has 0 bridgehead atoms. The van der Waals surface area contributed by atoms with Crippen molar-refractivity contribution in [2.24, 2.45) is 0 Å². The van der Waals surface area contributed by atoms with Gasteiger partial charge in [-0.3, -0.25) is 14.2 Å². The van der Waals surface area contributed by atoms with Crippen molar-refractivity contribution < 1.29 is 4.79 Å². The highest BCUT2D eigenvalue weighted by atomic mass is 35.5. The smallest absolute Gasteiger partial charge is 0.261 e. The zero-order valence-electron chi connectivity index (χ0n) is 22.1. The topological polar surface area (TPSA) is 64.0 Å². The first-order valence-electron chi connectivity index (χ1n) is 13.3. The Kier molecular flexibility index (Phi) is 7.44. The predicted molar refractivity (Wildman–Crippen MR) is 166 cm³/mol. The maximum atomic E-state index is 14.0. The fourth-order valence-electron chi connectivity index (χ4n) is 4.84. The first kappa shape index (κ1) is 26.2. The predicted octanol–water partition coefficient (Wildman–Crippen LogP) is 7.61. The van der Waals surface area contributed by atoms with Gasteiger partial charge >= 0.3 is 0 Å². The fraction of sp³-hybridized carbons (Fsp3) is 0.0571. The van der Waals surface area contributed by atoms with E-state index in [4.69, 9.17) is 16.6 Å². The average molecular weight is 556 g/mol. The fourth-order valence-corrected chi connectivity index (χ4v) is 4.97. The summed E-state index contributed by atoms with van der Waals surface area (Å²) in [5.41, 5.74) is 5.74. The van der Waals surface area contributed by atoms with Gasteiger partial charge in [-0.2, -0.15) is 0 Å². The minimum absolute atomic E-state index is 0.157. The van der Waals surface area contributed by atoms with E-state index in [1.165, 1.54) is 0 Å². The van der Waals surface area contributed by atoms with Crippen LogP contribution in [0.25, 0.3) is 22.0 Å². The summed E-state index contributed by atoms with van der Waals surface area (Å²) in [5, 5.41) is 3.88. The minimum Gasteiger partial charge on any atom is -0.322 e. The van der Waals surface area contributed by atoms with Crippen LogP contribution in [0, 0.1) is 0 Å². The molecule has 1 amide bonds. The van der Waals surface area contributed by atoms with Crippen molar-refractivity contribution in [1.82, 2.24) is 9.55 Å². The van der Waals surface area contributed by atoms with Crippen molar-refractivity contribution in [1.29, 1.82) is 0 Å². The molecule has 0 fully saturated rings. The molecule has 0 aliphatic heterocycles. The second kappa shape index (κ2) is 11.6. The number of amides is 1. The number of fused-ring (bicyclic) bond motifs is 1. The van der Waals surface area contributed by atoms with Crippen LogP contribution in [0.4, 0.5) is 5.69 Å². The third-order valence-corrected chi connectivity index (χ3v) is 7.26. The summed E-state index contributed by atoms with van der Waals surface area (Å²) >= 11 is 5.96. The van der Waals surface area contributed by atoms with E-state index in [2.05, 4.69) is 29.6 Å². The van der Waals surface area contributed by atoms with Gasteiger partial charge < -0.3 is 5.32 Å². The molecule has 6 aromatic rings. The Morgan fingerprint density at radius 3 is 2.10 bits per heavy atom. The van der Waals surface area contributed by atoms with Crippen LogP contribution in [-0.4, -0.2) is 15.5 Å². The van der Waals surface area contributed by atoms with E-state index in [0.717, 1.165) is 22.3 Å². The molecule has 0 unspecified atom stereocenters. The Labute approximate surface area is 242 Å². The number of nitrogens with one attached hydrogen (secondary N) is 1. The number of nitrogens with zero attached hydrogens (tertiary/aromatic N) is 2. The Morgan fingerprint density at radius 2 is 1.39 bits per heavy atom. The Morgan fingerprint density at radius 1 is 0.732 bits per heavy atom. The molecule has 6 heteroatoms. The maximum Gasteiger partial charge on any atom is 0.261 e. The summed E-state index contributed by atoms with van der Waals surface area (Å²) in [4.78, 5) is 31.7. The molecule has 5 aromatic carbocycles. The Hall–Kier alpha value is -5.00. The van der Waals surface area contributed by atoms with Gasteiger partial charge in [-0.1, -0.05) is 96.5 Å². The highest BCUT2D eigenvalue weighted by molar-refractivity contribution is 6.30. The van der Waals surface area contributed by atoms with E-state index in [-0.39, 0.29) is 11.5 Å². The Balaban J connectivity index is 1.36. The van der Waals surface area contributed by atoms with Gasteiger partial charge in [0.25, 0.3) is 11.5 Å². The number of benzene rings is 5. The van der Waals surface area contributed by atoms with Gasteiger partial charge in [-0.25, -0.2) is 4.98 Å². The van der Waals surface area contributed by atoms with E-state index in [1.54, 1.807) is 47.0 Å². The third kappa shape index (κ3) is 5.96. The molecule has 5 nitrogen and oxygen atoms in total. The van der Waals surface area contributed by atoms with Gasteiger partial charge in [0, 0.05) is 22.7 Å². The summed E-state index contributed by atoms with van der Waals surface area (Å²) in [6, 6.07) is 40.3. The molecule has 0 saturated heterocycles. The van der Waals surface area contributed by atoms with Crippen molar-refractivity contribution in [3.05, 3.63) is 165 Å².